The largest absolute Gasteiger partial charge is 0.389 e. The highest BCUT2D eigenvalue weighted by Crippen LogP contribution is 2.18. The Morgan fingerprint density at radius 2 is 1.95 bits per heavy atom. The Bertz CT molecular complexity index is 712. The number of halogens is 1. The maximum atomic E-state index is 6.11. The van der Waals surface area contributed by atoms with Crippen molar-refractivity contribution in [3.63, 3.8) is 0 Å². The van der Waals surface area contributed by atoms with Gasteiger partial charge in [0.05, 0.1) is 6.21 Å². The summed E-state index contributed by atoms with van der Waals surface area (Å²) in [5.41, 5.74) is 2.99. The molecule has 5 heteroatoms. The lowest BCUT2D eigenvalue weighted by molar-refractivity contribution is 0.121. The van der Waals surface area contributed by atoms with E-state index in [9.17, 15) is 0 Å². The number of benzene rings is 2. The van der Waals surface area contributed by atoms with Crippen LogP contribution in [0.4, 0.5) is 0 Å². The molecule has 0 fully saturated rings. The van der Waals surface area contributed by atoms with Crippen molar-refractivity contribution < 1.29 is 4.84 Å². The molecule has 0 amide bonds. The molecule has 21 heavy (non-hydrogen) atoms. The number of rotatable bonds is 2. The Labute approximate surface area is 128 Å². The highest BCUT2D eigenvalue weighted by molar-refractivity contribution is 6.33. The van der Waals surface area contributed by atoms with E-state index in [-0.39, 0.29) is 0 Å². The average molecular weight is 300 g/mol. The van der Waals surface area contributed by atoms with Crippen LogP contribution in [-0.4, -0.2) is 24.1 Å². The molecule has 2 aromatic carbocycles. The third-order valence-electron chi connectivity index (χ3n) is 3.21. The van der Waals surface area contributed by atoms with Gasteiger partial charge in [-0.2, -0.15) is 5.10 Å². The minimum atomic E-state index is 0.488. The van der Waals surface area contributed by atoms with Crippen molar-refractivity contribution in [2.24, 2.45) is 10.3 Å². The van der Waals surface area contributed by atoms with Crippen molar-refractivity contribution in [2.75, 3.05) is 7.05 Å². The summed E-state index contributed by atoms with van der Waals surface area (Å²) in [5, 5.41) is 10.8. The van der Waals surface area contributed by atoms with Crippen LogP contribution in [0.5, 0.6) is 0 Å². The van der Waals surface area contributed by atoms with Crippen molar-refractivity contribution in [3.05, 3.63) is 70.2 Å². The molecule has 0 aliphatic carbocycles. The molecule has 0 N–H and O–H groups in total. The van der Waals surface area contributed by atoms with Gasteiger partial charge >= 0.3 is 0 Å². The molecule has 0 radical (unpaired) electrons. The monoisotopic (exact) mass is 299 g/mol. The second-order valence-electron chi connectivity index (χ2n) is 4.64. The van der Waals surface area contributed by atoms with Gasteiger partial charge in [-0.1, -0.05) is 59.2 Å². The first-order valence-electron chi connectivity index (χ1n) is 6.56. The molecule has 0 atom stereocenters. The lowest BCUT2D eigenvalue weighted by Crippen LogP contribution is -2.26. The van der Waals surface area contributed by atoms with E-state index < -0.39 is 0 Å². The van der Waals surface area contributed by atoms with Gasteiger partial charge in [0, 0.05) is 28.8 Å². The fourth-order valence-electron chi connectivity index (χ4n) is 2.09. The maximum Gasteiger partial charge on any atom is 0.195 e. The summed E-state index contributed by atoms with van der Waals surface area (Å²) in [6.07, 6.45) is 1.71. The molecular formula is C16H14ClN3O. The van der Waals surface area contributed by atoms with Gasteiger partial charge in [-0.25, -0.2) is 5.01 Å². The highest BCUT2D eigenvalue weighted by atomic mass is 35.5. The van der Waals surface area contributed by atoms with Crippen molar-refractivity contribution in [1.29, 1.82) is 0 Å². The summed E-state index contributed by atoms with van der Waals surface area (Å²) >= 11 is 6.11. The van der Waals surface area contributed by atoms with E-state index >= 15 is 0 Å². The number of fused-ring (bicyclic) bond motifs is 1. The van der Waals surface area contributed by atoms with Crippen LogP contribution in [0, 0.1) is 0 Å². The molecule has 0 unspecified atom stereocenters. The van der Waals surface area contributed by atoms with E-state index in [0.29, 0.717) is 17.5 Å². The third kappa shape index (κ3) is 2.90. The predicted molar refractivity (Wildman–Crippen MR) is 84.6 cm³/mol. The molecule has 4 nitrogen and oxygen atoms in total. The minimum Gasteiger partial charge on any atom is -0.389 e. The molecule has 0 spiro atoms. The summed E-state index contributed by atoms with van der Waals surface area (Å²) in [7, 11) is 1.83. The lowest BCUT2D eigenvalue weighted by atomic mass is 10.1. The zero-order valence-electron chi connectivity index (χ0n) is 11.5. The minimum absolute atomic E-state index is 0.488. The van der Waals surface area contributed by atoms with Crippen LogP contribution >= 0.6 is 11.6 Å². The number of hydrogen-bond acceptors (Lipinski definition) is 4. The van der Waals surface area contributed by atoms with Crippen molar-refractivity contribution in [3.8, 4) is 0 Å². The summed E-state index contributed by atoms with van der Waals surface area (Å²) in [5.74, 6) is 0.681. The zero-order valence-corrected chi connectivity index (χ0v) is 12.3. The van der Waals surface area contributed by atoms with Gasteiger partial charge in [-0.15, -0.1) is 0 Å². The van der Waals surface area contributed by atoms with Crippen molar-refractivity contribution in [2.45, 2.75) is 6.61 Å². The smallest absolute Gasteiger partial charge is 0.195 e. The van der Waals surface area contributed by atoms with Crippen LogP contribution in [0.25, 0.3) is 0 Å². The Balaban J connectivity index is 1.85. The molecule has 106 valence electrons. The standard InChI is InChI=1S/C16H14ClN3O/c1-20(18-10-12-6-3-5-9-15(12)17)16-14-8-4-2-7-13(14)11-21-19-16/h2-10H,11H2,1H3. The number of hydrazone groups is 1. The van der Waals surface area contributed by atoms with Crippen molar-refractivity contribution >= 4 is 23.7 Å². The molecule has 0 aromatic heterocycles. The Hall–Kier alpha value is -2.33. The Kier molecular flexibility index (Phi) is 3.88. The average Bonchev–Trinajstić information content (AvgIpc) is 2.53. The van der Waals surface area contributed by atoms with E-state index in [1.165, 1.54) is 0 Å². The highest BCUT2D eigenvalue weighted by Gasteiger charge is 2.18. The van der Waals surface area contributed by atoms with Crippen LogP contribution in [0.15, 0.2) is 58.8 Å². The van der Waals surface area contributed by atoms with Crippen LogP contribution < -0.4 is 0 Å². The SMILES string of the molecule is CN(N=Cc1ccccc1Cl)C1=NOCc2ccccc21. The molecule has 2 aromatic rings. The first-order valence-corrected chi connectivity index (χ1v) is 6.94. The van der Waals surface area contributed by atoms with Crippen LogP contribution in [0.1, 0.15) is 16.7 Å². The molecule has 0 bridgehead atoms. The lowest BCUT2D eigenvalue weighted by Gasteiger charge is -2.21. The molecule has 0 saturated carbocycles. The molecule has 1 heterocycles. The van der Waals surface area contributed by atoms with Crippen molar-refractivity contribution in [1.82, 2.24) is 5.01 Å². The first-order chi connectivity index (χ1) is 10.3. The van der Waals surface area contributed by atoms with Gasteiger partial charge in [0.15, 0.2) is 5.84 Å². The summed E-state index contributed by atoms with van der Waals surface area (Å²) < 4.78 is 0. The van der Waals surface area contributed by atoms with Gasteiger partial charge in [-0.05, 0) is 6.07 Å². The fourth-order valence-corrected chi connectivity index (χ4v) is 2.28. The van der Waals surface area contributed by atoms with E-state index in [1.54, 1.807) is 11.2 Å². The molecule has 1 aliphatic heterocycles. The normalized spacial score (nSPS) is 13.5. The second-order valence-corrected chi connectivity index (χ2v) is 5.04. The topological polar surface area (TPSA) is 37.2 Å². The number of amidine groups is 1. The third-order valence-corrected chi connectivity index (χ3v) is 3.56. The van der Waals surface area contributed by atoms with E-state index in [0.717, 1.165) is 16.7 Å². The number of hydrogen-bond donors (Lipinski definition) is 0. The number of nitrogens with zero attached hydrogens (tertiary/aromatic N) is 3. The van der Waals surface area contributed by atoms with E-state index in [1.807, 2.05) is 55.6 Å². The van der Waals surface area contributed by atoms with E-state index in [2.05, 4.69) is 10.3 Å². The second kappa shape index (κ2) is 5.97. The first kappa shape index (κ1) is 13.6. The van der Waals surface area contributed by atoms with Crippen LogP contribution in [-0.2, 0) is 11.4 Å². The summed E-state index contributed by atoms with van der Waals surface area (Å²) in [6.45, 7) is 0.488. The Morgan fingerprint density at radius 1 is 1.19 bits per heavy atom. The van der Waals surface area contributed by atoms with Crippen LogP contribution in [0.2, 0.25) is 5.02 Å². The zero-order chi connectivity index (χ0) is 14.7. The molecule has 3 rings (SSSR count). The summed E-state index contributed by atoms with van der Waals surface area (Å²) in [4.78, 5) is 5.25. The Morgan fingerprint density at radius 3 is 2.81 bits per heavy atom. The molecule has 1 aliphatic rings. The quantitative estimate of drug-likeness (QED) is 0.629. The fraction of sp³-hybridized carbons (Fsp3) is 0.125. The summed E-state index contributed by atoms with van der Waals surface area (Å²) in [6, 6.07) is 15.5. The van der Waals surface area contributed by atoms with Gasteiger partial charge in [0.2, 0.25) is 0 Å². The molecular weight excluding hydrogens is 286 g/mol. The van der Waals surface area contributed by atoms with E-state index in [4.69, 9.17) is 16.4 Å². The van der Waals surface area contributed by atoms with Gasteiger partial charge < -0.3 is 4.84 Å². The van der Waals surface area contributed by atoms with Gasteiger partial charge in [0.25, 0.3) is 0 Å². The molecule has 0 saturated heterocycles. The van der Waals surface area contributed by atoms with Gasteiger partial charge in [0.1, 0.15) is 6.61 Å². The van der Waals surface area contributed by atoms with Gasteiger partial charge in [-0.3, -0.25) is 0 Å². The maximum absolute atomic E-state index is 6.11. The van der Waals surface area contributed by atoms with Crippen LogP contribution in [0.3, 0.4) is 0 Å². The predicted octanol–water partition coefficient (Wildman–Crippen LogP) is 3.50. The number of oxime groups is 1.